The maximum atomic E-state index is 11.5. The van der Waals surface area contributed by atoms with Crippen molar-refractivity contribution in [1.82, 2.24) is 20.1 Å². The largest absolute Gasteiger partial charge is 0.486 e. The zero-order valence-electron chi connectivity index (χ0n) is 12.6. The van der Waals surface area contributed by atoms with Crippen molar-refractivity contribution < 1.29 is 9.53 Å². The fourth-order valence-corrected chi connectivity index (χ4v) is 2.43. The topological polar surface area (TPSA) is 71.1 Å². The molecule has 1 aromatic heterocycles. The molecule has 1 N–H and O–H groups in total. The van der Waals surface area contributed by atoms with Gasteiger partial charge < -0.3 is 9.64 Å². The number of benzene rings is 1. The molecule has 0 radical (unpaired) electrons. The number of ether oxygens (including phenoxy) is 1. The van der Waals surface area contributed by atoms with Gasteiger partial charge in [-0.15, -0.1) is 5.10 Å². The van der Waals surface area contributed by atoms with Gasteiger partial charge in [0.2, 0.25) is 11.1 Å². The number of halogens is 1. The van der Waals surface area contributed by atoms with Gasteiger partial charge in [0, 0.05) is 19.1 Å². The molecule has 0 aliphatic carbocycles. The van der Waals surface area contributed by atoms with Crippen LogP contribution in [0, 0.1) is 6.92 Å². The summed E-state index contributed by atoms with van der Waals surface area (Å²) in [5.74, 6) is 1.65. The average molecular weight is 341 g/mol. The Balaban J connectivity index is 1.86. The number of aromatic nitrogens is 3. The number of nitrogens with one attached hydrogen (secondary N) is 1. The van der Waals surface area contributed by atoms with Crippen molar-refractivity contribution in [2.45, 2.75) is 18.7 Å². The first-order valence-corrected chi connectivity index (χ1v) is 7.95. The van der Waals surface area contributed by atoms with E-state index in [1.165, 1.54) is 16.7 Å². The molecule has 8 heteroatoms. The number of carbonyl (C=O) groups excluding carboxylic acids is 1. The van der Waals surface area contributed by atoms with Crippen LogP contribution in [0.15, 0.2) is 23.4 Å². The van der Waals surface area contributed by atoms with Gasteiger partial charge in [-0.2, -0.15) is 0 Å². The van der Waals surface area contributed by atoms with E-state index in [-0.39, 0.29) is 12.5 Å². The number of rotatable bonds is 6. The second kappa shape index (κ2) is 7.51. The third-order valence-electron chi connectivity index (χ3n) is 2.84. The summed E-state index contributed by atoms with van der Waals surface area (Å²) in [4.78, 5) is 17.3. The van der Waals surface area contributed by atoms with E-state index in [1.807, 2.05) is 13.0 Å². The highest BCUT2D eigenvalue weighted by molar-refractivity contribution is 7.99. The molecule has 1 aromatic carbocycles. The van der Waals surface area contributed by atoms with Crippen LogP contribution in [0.5, 0.6) is 5.75 Å². The molecule has 0 unspecified atom stereocenters. The number of thioether (sulfide) groups is 1. The smallest absolute Gasteiger partial charge is 0.232 e. The highest BCUT2D eigenvalue weighted by Gasteiger charge is 2.09. The number of H-pyrrole nitrogens is 1. The number of nitrogens with zero attached hydrogens (tertiary/aromatic N) is 3. The van der Waals surface area contributed by atoms with Gasteiger partial charge in [-0.1, -0.05) is 23.4 Å². The van der Waals surface area contributed by atoms with Crippen LogP contribution < -0.4 is 4.74 Å². The Hall–Kier alpha value is -1.73. The van der Waals surface area contributed by atoms with E-state index >= 15 is 0 Å². The Morgan fingerprint density at radius 1 is 1.45 bits per heavy atom. The van der Waals surface area contributed by atoms with Crippen molar-refractivity contribution in [3.63, 3.8) is 0 Å². The number of aromatic amines is 1. The second-order valence-corrected chi connectivity index (χ2v) is 6.19. The molecule has 0 atom stereocenters. The van der Waals surface area contributed by atoms with E-state index in [9.17, 15) is 4.79 Å². The molecule has 1 amide bonds. The lowest BCUT2D eigenvalue weighted by molar-refractivity contribution is -0.125. The summed E-state index contributed by atoms with van der Waals surface area (Å²) in [5.41, 5.74) is 0.954. The minimum Gasteiger partial charge on any atom is -0.486 e. The van der Waals surface area contributed by atoms with Crippen LogP contribution in [-0.4, -0.2) is 45.8 Å². The number of hydrogen-bond acceptors (Lipinski definition) is 5. The Labute approximate surface area is 138 Å². The molecule has 6 nitrogen and oxygen atoms in total. The SMILES string of the molecule is Cc1cc(OCc2nc(SCC(=O)N(C)C)n[nH]2)ccc1Cl. The quantitative estimate of drug-likeness (QED) is 0.818. The Morgan fingerprint density at radius 3 is 2.91 bits per heavy atom. The van der Waals surface area contributed by atoms with Crippen molar-refractivity contribution in [2.24, 2.45) is 0 Å². The summed E-state index contributed by atoms with van der Waals surface area (Å²) in [6.45, 7) is 2.19. The number of carbonyl (C=O) groups is 1. The van der Waals surface area contributed by atoms with Gasteiger partial charge >= 0.3 is 0 Å². The second-order valence-electron chi connectivity index (χ2n) is 4.84. The highest BCUT2D eigenvalue weighted by atomic mass is 35.5. The third-order valence-corrected chi connectivity index (χ3v) is 4.10. The molecule has 22 heavy (non-hydrogen) atoms. The first-order chi connectivity index (χ1) is 10.5. The lowest BCUT2D eigenvalue weighted by Gasteiger charge is -2.07. The van der Waals surface area contributed by atoms with E-state index in [0.717, 1.165) is 11.3 Å². The number of amides is 1. The minimum atomic E-state index is 0.0178. The summed E-state index contributed by atoms with van der Waals surface area (Å²) < 4.78 is 5.63. The fourth-order valence-electron chi connectivity index (χ4n) is 1.52. The Bertz CT molecular complexity index is 660. The van der Waals surface area contributed by atoms with Crippen LogP contribution in [0.3, 0.4) is 0 Å². The van der Waals surface area contributed by atoms with Gasteiger partial charge in [0.1, 0.15) is 12.4 Å². The summed E-state index contributed by atoms with van der Waals surface area (Å²) >= 11 is 7.25. The molecule has 0 fully saturated rings. The van der Waals surface area contributed by atoms with E-state index in [2.05, 4.69) is 15.2 Å². The standard InChI is InChI=1S/C14H17ClN4O2S/c1-9-6-10(4-5-11(9)15)21-7-12-16-14(18-17-12)22-8-13(20)19(2)3/h4-6H,7-8H2,1-3H3,(H,16,17,18). The van der Waals surface area contributed by atoms with Crippen molar-refractivity contribution in [3.05, 3.63) is 34.6 Å². The van der Waals surface area contributed by atoms with Gasteiger partial charge in [-0.05, 0) is 30.7 Å². The molecule has 2 rings (SSSR count). The normalized spacial score (nSPS) is 10.5. The van der Waals surface area contributed by atoms with E-state index in [0.29, 0.717) is 21.8 Å². The molecule has 0 saturated heterocycles. The van der Waals surface area contributed by atoms with Crippen LogP contribution in [0.4, 0.5) is 0 Å². The summed E-state index contributed by atoms with van der Waals surface area (Å²) in [5, 5.41) is 8.08. The zero-order valence-corrected chi connectivity index (χ0v) is 14.2. The summed E-state index contributed by atoms with van der Waals surface area (Å²) in [6.07, 6.45) is 0. The Morgan fingerprint density at radius 2 is 2.23 bits per heavy atom. The first kappa shape index (κ1) is 16.6. The number of hydrogen-bond donors (Lipinski definition) is 1. The van der Waals surface area contributed by atoms with E-state index in [4.69, 9.17) is 16.3 Å². The van der Waals surface area contributed by atoms with Crippen LogP contribution in [-0.2, 0) is 11.4 Å². The molecule has 0 aliphatic heterocycles. The van der Waals surface area contributed by atoms with Crippen molar-refractivity contribution >= 4 is 29.3 Å². The van der Waals surface area contributed by atoms with Gasteiger partial charge in [-0.25, -0.2) is 4.98 Å². The average Bonchev–Trinajstić information content (AvgIpc) is 2.94. The maximum Gasteiger partial charge on any atom is 0.232 e. The predicted octanol–water partition coefficient (Wildman–Crippen LogP) is 2.53. The van der Waals surface area contributed by atoms with E-state index < -0.39 is 0 Å². The van der Waals surface area contributed by atoms with Gasteiger partial charge in [0.05, 0.1) is 5.75 Å². The molecule has 1 heterocycles. The first-order valence-electron chi connectivity index (χ1n) is 6.59. The van der Waals surface area contributed by atoms with Gasteiger partial charge in [0.15, 0.2) is 5.82 Å². The van der Waals surface area contributed by atoms with Crippen molar-refractivity contribution in [1.29, 1.82) is 0 Å². The van der Waals surface area contributed by atoms with Crippen molar-refractivity contribution in [2.75, 3.05) is 19.8 Å². The van der Waals surface area contributed by atoms with Gasteiger partial charge in [-0.3, -0.25) is 9.89 Å². The molecule has 118 valence electrons. The molecule has 2 aromatic rings. The molecule has 0 bridgehead atoms. The lowest BCUT2D eigenvalue weighted by Crippen LogP contribution is -2.23. The lowest BCUT2D eigenvalue weighted by atomic mass is 10.2. The Kier molecular flexibility index (Phi) is 5.68. The van der Waals surface area contributed by atoms with Crippen LogP contribution in [0.1, 0.15) is 11.4 Å². The van der Waals surface area contributed by atoms with Crippen LogP contribution in [0.2, 0.25) is 5.02 Å². The van der Waals surface area contributed by atoms with Gasteiger partial charge in [0.25, 0.3) is 0 Å². The molecular formula is C14H17ClN4O2S. The highest BCUT2D eigenvalue weighted by Crippen LogP contribution is 2.21. The monoisotopic (exact) mass is 340 g/mol. The minimum absolute atomic E-state index is 0.0178. The summed E-state index contributed by atoms with van der Waals surface area (Å²) in [6, 6.07) is 5.46. The molecule has 0 spiro atoms. The zero-order chi connectivity index (χ0) is 16.1. The van der Waals surface area contributed by atoms with Crippen LogP contribution in [0.25, 0.3) is 0 Å². The van der Waals surface area contributed by atoms with E-state index in [1.54, 1.807) is 26.2 Å². The molecule has 0 saturated carbocycles. The molecular weight excluding hydrogens is 324 g/mol. The van der Waals surface area contributed by atoms with Crippen molar-refractivity contribution in [3.8, 4) is 5.75 Å². The number of aryl methyl sites for hydroxylation is 1. The molecule has 0 aliphatic rings. The third kappa shape index (κ3) is 4.64. The predicted molar refractivity (Wildman–Crippen MR) is 86.3 cm³/mol. The fraction of sp³-hybridized carbons (Fsp3) is 0.357. The summed E-state index contributed by atoms with van der Waals surface area (Å²) in [7, 11) is 3.43. The van der Waals surface area contributed by atoms with Crippen LogP contribution >= 0.6 is 23.4 Å². The maximum absolute atomic E-state index is 11.5.